The van der Waals surface area contributed by atoms with Crippen molar-refractivity contribution in [2.45, 2.75) is 13.1 Å². The van der Waals surface area contributed by atoms with Crippen molar-refractivity contribution in [2.75, 3.05) is 39.2 Å². The first-order valence-corrected chi connectivity index (χ1v) is 14.8. The molecule has 1 fully saturated rings. The maximum atomic E-state index is 14.9. The molecule has 1 saturated heterocycles. The summed E-state index contributed by atoms with van der Waals surface area (Å²) in [5.41, 5.74) is 0.116. The number of halogens is 2. The van der Waals surface area contributed by atoms with Crippen LogP contribution >= 0.6 is 11.3 Å². The number of fused-ring (bicyclic) bond motifs is 1. The average molecular weight is 635 g/mol. The zero-order chi connectivity index (χ0) is 31.7. The fourth-order valence-corrected chi connectivity index (χ4v) is 6.33. The van der Waals surface area contributed by atoms with E-state index in [1.165, 1.54) is 34.1 Å². The maximum Gasteiger partial charge on any atom is 0.338 e. The van der Waals surface area contributed by atoms with Crippen LogP contribution in [0.5, 0.6) is 5.88 Å². The van der Waals surface area contributed by atoms with Gasteiger partial charge in [-0.25, -0.2) is 18.1 Å². The summed E-state index contributed by atoms with van der Waals surface area (Å²) in [6.45, 7) is 1.42. The minimum Gasteiger partial charge on any atom is -0.476 e. The van der Waals surface area contributed by atoms with Crippen LogP contribution in [-0.2, 0) is 22.6 Å². The van der Waals surface area contributed by atoms with Gasteiger partial charge in [-0.2, -0.15) is 0 Å². The standard InChI is InChI=1S/C31H28F2N6O5S/c1-37(2)12-22-27-29(41)39(25-10-11-26(36-35-25)44-16-18-14-43-15-18)31(42)38(13-21-23(32)4-3-5-24(21)33)30(27)45-28(22)19-6-8-20(9-7-19)34-17-40/h3-11,17-18H,12-16H2,1-2H3,(H,34,40). The molecule has 0 aliphatic carbocycles. The molecular weight excluding hydrogens is 606 g/mol. The Bertz CT molecular complexity index is 1970. The van der Waals surface area contributed by atoms with E-state index in [4.69, 9.17) is 9.47 Å². The van der Waals surface area contributed by atoms with Crippen LogP contribution in [0, 0.1) is 17.6 Å². The first-order chi connectivity index (χ1) is 21.7. The third-order valence-electron chi connectivity index (χ3n) is 7.33. The molecule has 6 rings (SSSR count). The third-order valence-corrected chi connectivity index (χ3v) is 8.63. The number of rotatable bonds is 11. The Morgan fingerprint density at radius 1 is 1.04 bits per heavy atom. The van der Waals surface area contributed by atoms with Crippen LogP contribution in [0.4, 0.5) is 14.5 Å². The Balaban J connectivity index is 1.56. The van der Waals surface area contributed by atoms with Crippen LogP contribution in [-0.4, -0.2) is 64.6 Å². The molecule has 0 atom stereocenters. The summed E-state index contributed by atoms with van der Waals surface area (Å²) in [5.74, 6) is -1.25. The van der Waals surface area contributed by atoms with E-state index in [0.29, 0.717) is 48.9 Å². The monoisotopic (exact) mass is 634 g/mol. The number of nitrogens with one attached hydrogen (secondary N) is 1. The molecule has 1 aliphatic heterocycles. The number of hydrogen-bond donors (Lipinski definition) is 1. The van der Waals surface area contributed by atoms with Gasteiger partial charge in [0.1, 0.15) is 16.5 Å². The highest BCUT2D eigenvalue weighted by Crippen LogP contribution is 2.38. The lowest BCUT2D eigenvalue weighted by atomic mass is 10.1. The van der Waals surface area contributed by atoms with Gasteiger partial charge in [0.15, 0.2) is 5.82 Å². The lowest BCUT2D eigenvalue weighted by Gasteiger charge is -2.25. The highest BCUT2D eigenvalue weighted by molar-refractivity contribution is 7.22. The van der Waals surface area contributed by atoms with E-state index in [9.17, 15) is 23.2 Å². The number of carbonyl (C=O) groups is 1. The Kier molecular flexibility index (Phi) is 8.52. The van der Waals surface area contributed by atoms with Gasteiger partial charge in [0.25, 0.3) is 5.56 Å². The molecule has 5 aromatic rings. The molecule has 0 saturated carbocycles. The van der Waals surface area contributed by atoms with Crippen LogP contribution < -0.4 is 21.3 Å². The van der Waals surface area contributed by atoms with Crippen LogP contribution in [0.2, 0.25) is 0 Å². The van der Waals surface area contributed by atoms with E-state index in [1.807, 2.05) is 19.0 Å². The SMILES string of the molecule is CN(C)Cc1c(-c2ccc(NC=O)cc2)sc2c1c(=O)n(-c1ccc(OCC3COC3)nn1)c(=O)n2Cc1c(F)cccc1F. The van der Waals surface area contributed by atoms with Crippen LogP contribution in [0.3, 0.4) is 0 Å². The van der Waals surface area contributed by atoms with E-state index >= 15 is 0 Å². The van der Waals surface area contributed by atoms with Crippen molar-refractivity contribution in [1.82, 2.24) is 24.2 Å². The summed E-state index contributed by atoms with van der Waals surface area (Å²) in [5, 5.41) is 11.0. The normalized spacial score (nSPS) is 13.3. The van der Waals surface area contributed by atoms with E-state index in [1.54, 1.807) is 24.3 Å². The molecule has 1 aliphatic rings. The zero-order valence-electron chi connectivity index (χ0n) is 24.3. The number of ether oxygens (including phenoxy) is 2. The van der Waals surface area contributed by atoms with Gasteiger partial charge in [0.05, 0.1) is 31.8 Å². The minimum absolute atomic E-state index is 0.0678. The smallest absolute Gasteiger partial charge is 0.338 e. The van der Waals surface area contributed by atoms with Gasteiger partial charge in [-0.15, -0.1) is 21.5 Å². The van der Waals surface area contributed by atoms with Gasteiger partial charge in [-0.3, -0.25) is 14.2 Å². The Morgan fingerprint density at radius 2 is 1.78 bits per heavy atom. The second-order valence-electron chi connectivity index (χ2n) is 10.8. The molecule has 0 radical (unpaired) electrons. The van der Waals surface area contributed by atoms with Crippen molar-refractivity contribution in [2.24, 2.45) is 5.92 Å². The van der Waals surface area contributed by atoms with Crippen molar-refractivity contribution in [3.63, 3.8) is 0 Å². The molecule has 2 aromatic carbocycles. The molecule has 0 bridgehead atoms. The van der Waals surface area contributed by atoms with Gasteiger partial charge in [0.2, 0.25) is 12.3 Å². The van der Waals surface area contributed by atoms with Gasteiger partial charge in [-0.05, 0) is 55.6 Å². The van der Waals surface area contributed by atoms with Crippen LogP contribution in [0.1, 0.15) is 11.1 Å². The molecule has 3 aromatic heterocycles. The second kappa shape index (κ2) is 12.7. The van der Waals surface area contributed by atoms with Gasteiger partial charge in [-0.1, -0.05) is 18.2 Å². The topological polar surface area (TPSA) is 121 Å². The molecule has 1 amide bonds. The van der Waals surface area contributed by atoms with Crippen molar-refractivity contribution in [3.8, 4) is 22.1 Å². The third kappa shape index (κ3) is 5.99. The summed E-state index contributed by atoms with van der Waals surface area (Å²) >= 11 is 1.17. The summed E-state index contributed by atoms with van der Waals surface area (Å²) in [4.78, 5) is 42.1. The zero-order valence-corrected chi connectivity index (χ0v) is 25.1. The summed E-state index contributed by atoms with van der Waals surface area (Å²) in [6, 6.07) is 13.4. The lowest BCUT2D eigenvalue weighted by molar-refractivity contribution is -0.105. The number of carbonyl (C=O) groups excluding carboxylic acids is 1. The number of amides is 1. The predicted octanol–water partition coefficient (Wildman–Crippen LogP) is 3.65. The quantitative estimate of drug-likeness (QED) is 0.219. The van der Waals surface area contributed by atoms with E-state index < -0.39 is 29.4 Å². The lowest BCUT2D eigenvalue weighted by Crippen LogP contribution is -2.40. The fraction of sp³-hybridized carbons (Fsp3) is 0.258. The van der Waals surface area contributed by atoms with Crippen molar-refractivity contribution < 1.29 is 23.0 Å². The van der Waals surface area contributed by atoms with Crippen LogP contribution in [0.25, 0.3) is 26.5 Å². The molecule has 4 heterocycles. The predicted molar refractivity (Wildman–Crippen MR) is 165 cm³/mol. The highest BCUT2D eigenvalue weighted by atomic mass is 32.1. The summed E-state index contributed by atoms with van der Waals surface area (Å²) in [6.07, 6.45) is 0.569. The molecule has 232 valence electrons. The number of nitrogens with zero attached hydrogens (tertiary/aromatic N) is 5. The van der Waals surface area contributed by atoms with Gasteiger partial charge in [0, 0.05) is 34.7 Å². The molecular formula is C31H28F2N6O5S. The number of thiophene rings is 1. The first kappa shape index (κ1) is 30.2. The Morgan fingerprint density at radius 3 is 2.38 bits per heavy atom. The fourth-order valence-electron chi connectivity index (χ4n) is 5.03. The van der Waals surface area contributed by atoms with Gasteiger partial charge < -0.3 is 19.7 Å². The maximum absolute atomic E-state index is 14.9. The average Bonchev–Trinajstić information content (AvgIpc) is 3.35. The van der Waals surface area contributed by atoms with Crippen LogP contribution in [0.15, 0.2) is 64.2 Å². The van der Waals surface area contributed by atoms with E-state index in [2.05, 4.69) is 15.5 Å². The molecule has 1 N–H and O–H groups in total. The summed E-state index contributed by atoms with van der Waals surface area (Å²) < 4.78 is 42.7. The second-order valence-corrected chi connectivity index (χ2v) is 11.8. The molecule has 14 heteroatoms. The molecule has 0 spiro atoms. The number of anilines is 1. The van der Waals surface area contributed by atoms with Crippen molar-refractivity contribution in [1.29, 1.82) is 0 Å². The largest absolute Gasteiger partial charge is 0.476 e. The van der Waals surface area contributed by atoms with Crippen molar-refractivity contribution >= 4 is 33.7 Å². The molecule has 45 heavy (non-hydrogen) atoms. The number of hydrogen-bond acceptors (Lipinski definition) is 9. The van der Waals surface area contributed by atoms with Crippen molar-refractivity contribution in [3.05, 3.63) is 98.2 Å². The Hall–Kier alpha value is -4.79. The van der Waals surface area contributed by atoms with E-state index in [-0.39, 0.29) is 33.4 Å². The first-order valence-electron chi connectivity index (χ1n) is 14.0. The Labute approximate surface area is 259 Å². The molecule has 0 unspecified atom stereocenters. The highest BCUT2D eigenvalue weighted by Gasteiger charge is 2.26. The number of benzene rings is 2. The summed E-state index contributed by atoms with van der Waals surface area (Å²) in [7, 11) is 3.68. The van der Waals surface area contributed by atoms with E-state index in [0.717, 1.165) is 22.3 Å². The number of aromatic nitrogens is 4. The molecule has 11 nitrogen and oxygen atoms in total. The van der Waals surface area contributed by atoms with Gasteiger partial charge >= 0.3 is 5.69 Å². The minimum atomic E-state index is -0.834.